The second-order valence-corrected chi connectivity index (χ2v) is 6.54. The van der Waals surface area contributed by atoms with Gasteiger partial charge in [-0.15, -0.1) is 0 Å². The summed E-state index contributed by atoms with van der Waals surface area (Å²) >= 11 is 0. The highest BCUT2D eigenvalue weighted by Crippen LogP contribution is 2.28. The van der Waals surface area contributed by atoms with Crippen LogP contribution < -0.4 is 0 Å². The van der Waals surface area contributed by atoms with Crippen LogP contribution in [-0.2, 0) is 6.54 Å². The first-order valence-corrected chi connectivity index (χ1v) is 8.40. The number of nitrogens with zero attached hydrogens (tertiary/aromatic N) is 4. The third kappa shape index (κ3) is 3.62. The lowest BCUT2D eigenvalue weighted by atomic mass is 10.2. The van der Waals surface area contributed by atoms with Gasteiger partial charge in [0, 0.05) is 19.3 Å². The highest BCUT2D eigenvalue weighted by molar-refractivity contribution is 5.92. The monoisotopic (exact) mass is 324 g/mol. The molecule has 5 heteroatoms. The summed E-state index contributed by atoms with van der Waals surface area (Å²) in [6.07, 6.45) is 2.20. The number of rotatable bonds is 4. The fourth-order valence-electron chi connectivity index (χ4n) is 3.21. The second-order valence-electron chi connectivity index (χ2n) is 6.54. The van der Waals surface area contributed by atoms with Crippen molar-refractivity contribution in [2.45, 2.75) is 32.4 Å². The summed E-state index contributed by atoms with van der Waals surface area (Å²) in [5, 5.41) is 0. The Hall–Kier alpha value is -2.27. The summed E-state index contributed by atoms with van der Waals surface area (Å²) < 4.78 is 0. The number of aryl methyl sites for hydroxylation is 1. The zero-order valence-corrected chi connectivity index (χ0v) is 14.6. The molecule has 1 aromatic carbocycles. The molecule has 1 atom stereocenters. The number of carbonyl (C=O) groups excluding carboxylic acids is 1. The molecule has 1 aromatic heterocycles. The molecule has 1 saturated heterocycles. The van der Waals surface area contributed by atoms with Crippen molar-refractivity contribution in [3.63, 3.8) is 0 Å². The lowest BCUT2D eigenvalue weighted by Crippen LogP contribution is -2.28. The highest BCUT2D eigenvalue weighted by Gasteiger charge is 2.26. The molecule has 1 aliphatic heterocycles. The van der Waals surface area contributed by atoms with Gasteiger partial charge in [0.25, 0.3) is 5.91 Å². The maximum Gasteiger partial charge on any atom is 0.272 e. The van der Waals surface area contributed by atoms with Crippen LogP contribution in [0.3, 0.4) is 0 Å². The fourth-order valence-corrected chi connectivity index (χ4v) is 3.21. The van der Waals surface area contributed by atoms with Crippen molar-refractivity contribution in [3.05, 3.63) is 59.2 Å². The SMILES string of the molecule is Cc1cc(C(=O)N(C)Cc2ccccc2)nc([C@H]2CCCN2C)n1. The van der Waals surface area contributed by atoms with Crippen LogP contribution in [0.25, 0.3) is 0 Å². The first-order chi connectivity index (χ1) is 11.5. The molecule has 0 spiro atoms. The molecule has 24 heavy (non-hydrogen) atoms. The molecule has 0 bridgehead atoms. The minimum Gasteiger partial charge on any atom is -0.336 e. The molecule has 0 unspecified atom stereocenters. The van der Waals surface area contributed by atoms with Crippen molar-refractivity contribution in [2.24, 2.45) is 0 Å². The summed E-state index contributed by atoms with van der Waals surface area (Å²) in [5.74, 6) is 0.706. The quantitative estimate of drug-likeness (QED) is 0.868. The third-order valence-corrected chi connectivity index (χ3v) is 4.52. The lowest BCUT2D eigenvalue weighted by Gasteiger charge is -2.20. The van der Waals surface area contributed by atoms with Gasteiger partial charge in [0.15, 0.2) is 0 Å². The van der Waals surface area contributed by atoms with E-state index in [1.807, 2.05) is 44.3 Å². The molecule has 0 aliphatic carbocycles. The van der Waals surface area contributed by atoms with Gasteiger partial charge in [-0.2, -0.15) is 0 Å². The average molecular weight is 324 g/mol. The van der Waals surface area contributed by atoms with Crippen LogP contribution in [0.5, 0.6) is 0 Å². The van der Waals surface area contributed by atoms with Crippen molar-refractivity contribution in [3.8, 4) is 0 Å². The maximum atomic E-state index is 12.8. The fraction of sp³-hybridized carbons (Fsp3) is 0.421. The van der Waals surface area contributed by atoms with Crippen molar-refractivity contribution in [1.29, 1.82) is 0 Å². The molecule has 2 heterocycles. The van der Waals surface area contributed by atoms with Gasteiger partial charge in [0.2, 0.25) is 0 Å². The van der Waals surface area contributed by atoms with E-state index in [9.17, 15) is 4.79 Å². The van der Waals surface area contributed by atoms with E-state index < -0.39 is 0 Å². The number of benzene rings is 1. The molecule has 1 fully saturated rings. The lowest BCUT2D eigenvalue weighted by molar-refractivity contribution is 0.0778. The molecule has 1 amide bonds. The Kier molecular flexibility index (Phi) is 4.90. The van der Waals surface area contributed by atoms with Gasteiger partial charge >= 0.3 is 0 Å². The highest BCUT2D eigenvalue weighted by atomic mass is 16.2. The van der Waals surface area contributed by atoms with Gasteiger partial charge in [-0.1, -0.05) is 30.3 Å². The average Bonchev–Trinajstić information content (AvgIpc) is 3.00. The Bertz CT molecular complexity index is 717. The smallest absolute Gasteiger partial charge is 0.272 e. The predicted molar refractivity (Wildman–Crippen MR) is 93.6 cm³/mol. The maximum absolute atomic E-state index is 12.8. The molecular weight excluding hydrogens is 300 g/mol. The van der Waals surface area contributed by atoms with E-state index >= 15 is 0 Å². The number of aromatic nitrogens is 2. The van der Waals surface area contributed by atoms with Crippen LogP contribution in [-0.4, -0.2) is 46.3 Å². The third-order valence-electron chi connectivity index (χ3n) is 4.52. The molecule has 3 rings (SSSR count). The molecular formula is C19H24N4O. The van der Waals surface area contributed by atoms with E-state index in [-0.39, 0.29) is 11.9 Å². The van der Waals surface area contributed by atoms with Gasteiger partial charge in [-0.05, 0) is 45.0 Å². The predicted octanol–water partition coefficient (Wildman–Crippen LogP) is 2.82. The van der Waals surface area contributed by atoms with E-state index in [0.29, 0.717) is 12.2 Å². The molecule has 2 aromatic rings. The molecule has 0 radical (unpaired) electrons. The Morgan fingerprint density at radius 1 is 1.29 bits per heavy atom. The first kappa shape index (κ1) is 16.6. The van der Waals surface area contributed by atoms with Gasteiger partial charge in [-0.25, -0.2) is 9.97 Å². The van der Waals surface area contributed by atoms with Gasteiger partial charge < -0.3 is 4.90 Å². The number of hydrogen-bond donors (Lipinski definition) is 0. The van der Waals surface area contributed by atoms with Crippen LogP contribution in [0, 0.1) is 6.92 Å². The van der Waals surface area contributed by atoms with E-state index in [1.54, 1.807) is 11.0 Å². The van der Waals surface area contributed by atoms with E-state index in [2.05, 4.69) is 21.9 Å². The molecule has 1 aliphatic rings. The first-order valence-electron chi connectivity index (χ1n) is 8.40. The summed E-state index contributed by atoms with van der Waals surface area (Å²) in [6, 6.07) is 12.0. The Balaban J connectivity index is 1.80. The van der Waals surface area contributed by atoms with Crippen molar-refractivity contribution >= 4 is 5.91 Å². The normalized spacial score (nSPS) is 17.9. The number of likely N-dealkylation sites (tertiary alicyclic amines) is 1. The van der Waals surface area contributed by atoms with Crippen molar-refractivity contribution in [1.82, 2.24) is 19.8 Å². The molecule has 0 saturated carbocycles. The van der Waals surface area contributed by atoms with Crippen LogP contribution in [0.2, 0.25) is 0 Å². The molecule has 126 valence electrons. The summed E-state index contributed by atoms with van der Waals surface area (Å²) in [7, 11) is 3.90. The molecule has 0 N–H and O–H groups in total. The van der Waals surface area contributed by atoms with Gasteiger partial charge in [0.1, 0.15) is 11.5 Å². The minimum atomic E-state index is -0.0637. The Labute approximate surface area is 143 Å². The zero-order valence-electron chi connectivity index (χ0n) is 14.6. The van der Waals surface area contributed by atoms with E-state index in [0.717, 1.165) is 36.5 Å². The van der Waals surface area contributed by atoms with Gasteiger partial charge in [0.05, 0.1) is 6.04 Å². The van der Waals surface area contributed by atoms with Crippen LogP contribution in [0.1, 0.15) is 46.5 Å². The number of carbonyl (C=O) groups is 1. The summed E-state index contributed by atoms with van der Waals surface area (Å²) in [5.41, 5.74) is 2.43. The van der Waals surface area contributed by atoms with Crippen LogP contribution in [0.4, 0.5) is 0 Å². The standard InChI is InChI=1S/C19H24N4O/c1-14-12-16(21-18(20-14)17-10-7-11-22(17)2)19(24)23(3)13-15-8-5-4-6-9-15/h4-6,8-9,12,17H,7,10-11,13H2,1-3H3/t17-/m1/s1. The molecule has 5 nitrogen and oxygen atoms in total. The minimum absolute atomic E-state index is 0.0637. The van der Waals surface area contributed by atoms with E-state index in [4.69, 9.17) is 0 Å². The van der Waals surface area contributed by atoms with Crippen molar-refractivity contribution < 1.29 is 4.79 Å². The Morgan fingerprint density at radius 2 is 2.04 bits per heavy atom. The van der Waals surface area contributed by atoms with Crippen LogP contribution in [0.15, 0.2) is 36.4 Å². The van der Waals surface area contributed by atoms with E-state index in [1.165, 1.54) is 0 Å². The second kappa shape index (κ2) is 7.09. The largest absolute Gasteiger partial charge is 0.336 e. The number of hydrogen-bond acceptors (Lipinski definition) is 4. The van der Waals surface area contributed by atoms with Gasteiger partial charge in [-0.3, -0.25) is 9.69 Å². The topological polar surface area (TPSA) is 49.3 Å². The van der Waals surface area contributed by atoms with Crippen LogP contribution >= 0.6 is 0 Å². The summed E-state index contributed by atoms with van der Waals surface area (Å²) in [4.78, 5) is 25.9. The Morgan fingerprint density at radius 3 is 2.71 bits per heavy atom. The van der Waals surface area contributed by atoms with Crippen molar-refractivity contribution in [2.75, 3.05) is 20.6 Å². The number of amides is 1. The zero-order chi connectivity index (χ0) is 17.1. The summed E-state index contributed by atoms with van der Waals surface area (Å²) in [6.45, 7) is 3.55.